The summed E-state index contributed by atoms with van der Waals surface area (Å²) in [5, 5.41) is 0. The Balaban J connectivity index is 1.72. The van der Waals surface area contributed by atoms with E-state index >= 15 is 0 Å². The Hall–Kier alpha value is -0.180. The van der Waals surface area contributed by atoms with E-state index in [1.54, 1.807) is 6.07 Å². The van der Waals surface area contributed by atoms with Crippen molar-refractivity contribution in [2.24, 2.45) is 0 Å². The van der Waals surface area contributed by atoms with Crippen LogP contribution in [-0.2, 0) is 14.8 Å². The molecule has 0 radical (unpaired) electrons. The number of sulfonamides is 1. The van der Waals surface area contributed by atoms with Crippen LogP contribution in [0.4, 0.5) is 0 Å². The Bertz CT molecular complexity index is 498. The second kappa shape index (κ2) is 7.01. The summed E-state index contributed by atoms with van der Waals surface area (Å²) in [6.07, 6.45) is 0.827. The van der Waals surface area contributed by atoms with Gasteiger partial charge in [-0.2, -0.15) is 0 Å². The Morgan fingerprint density at radius 2 is 2.11 bits per heavy atom. The van der Waals surface area contributed by atoms with Gasteiger partial charge < -0.3 is 9.64 Å². The molecule has 0 aliphatic carbocycles. The quantitative estimate of drug-likeness (QED) is 0.723. The number of halogens is 1. The largest absolute Gasteiger partial charge is 0.370 e. The highest BCUT2D eigenvalue weighted by Crippen LogP contribution is 2.25. The van der Waals surface area contributed by atoms with Crippen molar-refractivity contribution < 1.29 is 18.1 Å². The van der Waals surface area contributed by atoms with Gasteiger partial charge >= 0.3 is 0 Å². The molecule has 0 bridgehead atoms. The summed E-state index contributed by atoms with van der Waals surface area (Å²) in [4.78, 5) is 1.48. The van der Waals surface area contributed by atoms with Gasteiger partial charge in [-0.25, -0.2) is 13.1 Å². The summed E-state index contributed by atoms with van der Waals surface area (Å²) in [7, 11) is -3.39. The van der Waals surface area contributed by atoms with Crippen LogP contribution in [0.1, 0.15) is 6.42 Å². The van der Waals surface area contributed by atoms with Crippen LogP contribution in [-0.4, -0.2) is 47.8 Å². The summed E-state index contributed by atoms with van der Waals surface area (Å²) in [6, 6.07) is 3.13. The molecule has 1 fully saturated rings. The number of rotatable bonds is 6. The van der Waals surface area contributed by atoms with Gasteiger partial charge in [-0.15, -0.1) is 11.3 Å². The first-order chi connectivity index (χ1) is 9.08. The maximum atomic E-state index is 11.9. The van der Waals surface area contributed by atoms with Crippen LogP contribution in [0, 0.1) is 0 Å². The average molecular weight is 326 g/mol. The SMILES string of the molecule is O=S(=O)(NCCC[NH+]1CCOCC1)c1ccc(Cl)s1. The summed E-state index contributed by atoms with van der Waals surface area (Å²) in [5.41, 5.74) is 0. The minimum absolute atomic E-state index is 0.274. The molecule has 19 heavy (non-hydrogen) atoms. The van der Waals surface area contributed by atoms with E-state index in [9.17, 15) is 8.42 Å². The van der Waals surface area contributed by atoms with Gasteiger partial charge in [-0.1, -0.05) is 11.6 Å². The molecule has 2 heterocycles. The smallest absolute Gasteiger partial charge is 0.250 e. The van der Waals surface area contributed by atoms with Crippen molar-refractivity contribution in [2.45, 2.75) is 10.6 Å². The fraction of sp³-hybridized carbons (Fsp3) is 0.636. The Morgan fingerprint density at radius 1 is 1.37 bits per heavy atom. The van der Waals surface area contributed by atoms with Crippen molar-refractivity contribution >= 4 is 33.0 Å². The molecule has 1 saturated heterocycles. The molecule has 5 nitrogen and oxygen atoms in total. The van der Waals surface area contributed by atoms with E-state index < -0.39 is 10.0 Å². The molecule has 1 aromatic heterocycles. The predicted octanol–water partition coefficient (Wildman–Crippen LogP) is -0.0150. The van der Waals surface area contributed by atoms with Crippen molar-refractivity contribution in [1.29, 1.82) is 0 Å². The van der Waals surface area contributed by atoms with Crippen LogP contribution in [0.2, 0.25) is 4.34 Å². The van der Waals surface area contributed by atoms with Gasteiger partial charge in [0.15, 0.2) is 0 Å². The molecule has 1 aliphatic rings. The van der Waals surface area contributed by atoms with Gasteiger partial charge in [-0.05, 0) is 12.1 Å². The molecule has 0 saturated carbocycles. The number of thiophene rings is 1. The van der Waals surface area contributed by atoms with E-state index in [1.165, 1.54) is 11.0 Å². The average Bonchev–Trinajstić information content (AvgIpc) is 2.84. The summed E-state index contributed by atoms with van der Waals surface area (Å²) in [5.74, 6) is 0. The number of hydrogen-bond acceptors (Lipinski definition) is 4. The molecular formula is C11H18ClN2O3S2+. The Kier molecular flexibility index (Phi) is 5.61. The number of hydrogen-bond donors (Lipinski definition) is 2. The summed E-state index contributed by atoms with van der Waals surface area (Å²) in [6.45, 7) is 5.05. The van der Waals surface area contributed by atoms with Crippen LogP contribution in [0.3, 0.4) is 0 Å². The molecule has 0 amide bonds. The first-order valence-electron chi connectivity index (χ1n) is 6.24. The van der Waals surface area contributed by atoms with E-state index in [1.807, 2.05) is 0 Å². The number of nitrogens with one attached hydrogen (secondary N) is 2. The van der Waals surface area contributed by atoms with Crippen molar-refractivity contribution in [3.63, 3.8) is 0 Å². The molecule has 0 atom stereocenters. The molecule has 0 aromatic carbocycles. The highest BCUT2D eigenvalue weighted by atomic mass is 35.5. The molecule has 8 heteroatoms. The van der Waals surface area contributed by atoms with Crippen molar-refractivity contribution in [3.8, 4) is 0 Å². The van der Waals surface area contributed by atoms with Gasteiger partial charge in [0.25, 0.3) is 0 Å². The van der Waals surface area contributed by atoms with E-state index in [-0.39, 0.29) is 4.21 Å². The summed E-state index contributed by atoms with van der Waals surface area (Å²) < 4.78 is 32.5. The van der Waals surface area contributed by atoms with Gasteiger partial charge in [0.05, 0.1) is 24.1 Å². The Labute approximate surface area is 122 Å². The first-order valence-corrected chi connectivity index (χ1v) is 8.92. The summed E-state index contributed by atoms with van der Waals surface area (Å²) >= 11 is 6.81. The second-order valence-electron chi connectivity index (χ2n) is 4.42. The fourth-order valence-corrected chi connectivity index (χ4v) is 4.57. The highest BCUT2D eigenvalue weighted by molar-refractivity contribution is 7.91. The van der Waals surface area contributed by atoms with Crippen LogP contribution in [0.15, 0.2) is 16.3 Å². The lowest BCUT2D eigenvalue weighted by Crippen LogP contribution is -3.14. The molecule has 2 rings (SSSR count). The lowest BCUT2D eigenvalue weighted by Gasteiger charge is -2.23. The standard InChI is InChI=1S/C11H17ClN2O3S2/c12-10-2-3-11(18-10)19(15,16)13-4-1-5-14-6-8-17-9-7-14/h2-3,13H,1,4-9H2/p+1. The van der Waals surface area contributed by atoms with Gasteiger partial charge in [-0.3, -0.25) is 0 Å². The minimum Gasteiger partial charge on any atom is -0.370 e. The molecule has 108 valence electrons. The van der Waals surface area contributed by atoms with Crippen molar-refractivity contribution in [1.82, 2.24) is 4.72 Å². The van der Waals surface area contributed by atoms with Crippen LogP contribution in [0.25, 0.3) is 0 Å². The second-order valence-corrected chi connectivity index (χ2v) is 8.13. The molecule has 0 spiro atoms. The predicted molar refractivity (Wildman–Crippen MR) is 75.5 cm³/mol. The van der Waals surface area contributed by atoms with E-state index in [4.69, 9.17) is 16.3 Å². The van der Waals surface area contributed by atoms with Gasteiger partial charge in [0.1, 0.15) is 17.3 Å². The Morgan fingerprint density at radius 3 is 2.74 bits per heavy atom. The molecular weight excluding hydrogens is 308 g/mol. The van der Waals surface area contributed by atoms with Gasteiger partial charge in [0, 0.05) is 13.0 Å². The van der Waals surface area contributed by atoms with E-state index in [0.29, 0.717) is 10.9 Å². The monoisotopic (exact) mass is 325 g/mol. The lowest BCUT2D eigenvalue weighted by molar-refractivity contribution is -0.908. The van der Waals surface area contributed by atoms with Gasteiger partial charge in [0.2, 0.25) is 10.0 Å². The third-order valence-electron chi connectivity index (χ3n) is 3.01. The maximum absolute atomic E-state index is 11.9. The number of morpholine rings is 1. The maximum Gasteiger partial charge on any atom is 0.250 e. The first kappa shape index (κ1) is 15.2. The normalized spacial score (nSPS) is 17.7. The van der Waals surface area contributed by atoms with Crippen LogP contribution >= 0.6 is 22.9 Å². The third kappa shape index (κ3) is 4.70. The molecule has 2 N–H and O–H groups in total. The van der Waals surface area contributed by atoms with Crippen molar-refractivity contribution in [3.05, 3.63) is 16.5 Å². The number of quaternary nitrogens is 1. The fourth-order valence-electron chi connectivity index (χ4n) is 1.97. The zero-order valence-electron chi connectivity index (χ0n) is 10.5. The molecule has 0 unspecified atom stereocenters. The van der Waals surface area contributed by atoms with Crippen molar-refractivity contribution in [2.75, 3.05) is 39.4 Å². The molecule has 1 aromatic rings. The van der Waals surface area contributed by atoms with Crippen LogP contribution < -0.4 is 9.62 Å². The minimum atomic E-state index is -3.39. The molecule has 1 aliphatic heterocycles. The lowest BCUT2D eigenvalue weighted by atomic mass is 10.3. The highest BCUT2D eigenvalue weighted by Gasteiger charge is 2.17. The van der Waals surface area contributed by atoms with Crippen LogP contribution in [0.5, 0.6) is 0 Å². The topological polar surface area (TPSA) is 59.8 Å². The third-order valence-corrected chi connectivity index (χ3v) is 6.20. The zero-order chi connectivity index (χ0) is 13.7. The van der Waals surface area contributed by atoms with E-state index in [0.717, 1.165) is 50.6 Å². The number of ether oxygens (including phenoxy) is 1. The zero-order valence-corrected chi connectivity index (χ0v) is 12.9. The van der Waals surface area contributed by atoms with E-state index in [2.05, 4.69) is 4.72 Å².